The lowest BCUT2D eigenvalue weighted by Crippen LogP contribution is -2.48. The molecule has 1 aliphatic heterocycles. The summed E-state index contributed by atoms with van der Waals surface area (Å²) in [5, 5.41) is 12.2. The third-order valence-corrected chi connectivity index (χ3v) is 8.30. The number of rotatable bonds is 14. The number of guanidine groups is 1. The van der Waals surface area contributed by atoms with Crippen molar-refractivity contribution in [3.05, 3.63) is 71.8 Å². The number of carbonyl (C=O) groups is 3. The van der Waals surface area contributed by atoms with E-state index in [2.05, 4.69) is 19.2 Å². The van der Waals surface area contributed by atoms with Crippen molar-refractivity contribution >= 4 is 23.9 Å². The molecular formula is C33H45N5O4. The van der Waals surface area contributed by atoms with E-state index < -0.39 is 23.6 Å². The van der Waals surface area contributed by atoms with E-state index in [-0.39, 0.29) is 30.4 Å². The van der Waals surface area contributed by atoms with Crippen LogP contribution in [0.2, 0.25) is 0 Å². The first kappa shape index (κ1) is 31.2. The summed E-state index contributed by atoms with van der Waals surface area (Å²) >= 11 is 0. The Balaban J connectivity index is 1.50. The van der Waals surface area contributed by atoms with Crippen LogP contribution in [0.4, 0.5) is 4.79 Å². The first-order valence-corrected chi connectivity index (χ1v) is 15.1. The van der Waals surface area contributed by atoms with Crippen LogP contribution in [-0.4, -0.2) is 59.4 Å². The van der Waals surface area contributed by atoms with Gasteiger partial charge in [-0.05, 0) is 61.5 Å². The van der Waals surface area contributed by atoms with Crippen LogP contribution in [0, 0.1) is 17.2 Å². The highest BCUT2D eigenvalue weighted by atomic mass is 16.5. The summed E-state index contributed by atoms with van der Waals surface area (Å²) in [6.07, 6.45) is 5.23. The number of nitrogens with one attached hydrogen (secondary N) is 2. The molecule has 226 valence electrons. The summed E-state index contributed by atoms with van der Waals surface area (Å²) in [6, 6.07) is 18.0. The van der Waals surface area contributed by atoms with E-state index >= 15 is 0 Å². The molecule has 9 nitrogen and oxygen atoms in total. The van der Waals surface area contributed by atoms with Crippen LogP contribution in [-0.2, 0) is 26.3 Å². The van der Waals surface area contributed by atoms with Gasteiger partial charge in [0.05, 0.1) is 13.2 Å². The first-order valence-electron chi connectivity index (χ1n) is 15.1. The van der Waals surface area contributed by atoms with E-state index in [0.717, 1.165) is 28.9 Å². The van der Waals surface area contributed by atoms with Crippen LogP contribution >= 0.6 is 0 Å². The van der Waals surface area contributed by atoms with Crippen molar-refractivity contribution in [3.63, 3.8) is 0 Å². The van der Waals surface area contributed by atoms with Crippen LogP contribution in [0.15, 0.2) is 60.7 Å². The van der Waals surface area contributed by atoms with Gasteiger partial charge in [0.25, 0.3) is 5.91 Å². The topological polar surface area (TPSA) is 129 Å². The number of nitrogens with zero attached hydrogens (tertiary/aromatic N) is 2. The normalized spacial score (nSPS) is 19.9. The molecule has 2 aromatic rings. The lowest BCUT2D eigenvalue weighted by molar-refractivity contribution is -0.134. The Kier molecular flexibility index (Phi) is 10.4. The van der Waals surface area contributed by atoms with Crippen molar-refractivity contribution in [2.24, 2.45) is 17.6 Å². The number of methoxy groups -OCH3 is 1. The van der Waals surface area contributed by atoms with Crippen LogP contribution in [0.25, 0.3) is 0 Å². The minimum Gasteiger partial charge on any atom is -0.452 e. The molecule has 4 rings (SSSR count). The van der Waals surface area contributed by atoms with Gasteiger partial charge in [-0.15, -0.1) is 0 Å². The van der Waals surface area contributed by atoms with Gasteiger partial charge in [0.1, 0.15) is 5.54 Å². The summed E-state index contributed by atoms with van der Waals surface area (Å²) in [5.41, 5.74) is 7.00. The maximum absolute atomic E-state index is 14.3. The summed E-state index contributed by atoms with van der Waals surface area (Å²) in [6.45, 7) is 4.28. The van der Waals surface area contributed by atoms with E-state index in [0.29, 0.717) is 31.6 Å². The quantitative estimate of drug-likeness (QED) is 0.297. The van der Waals surface area contributed by atoms with E-state index in [9.17, 15) is 14.4 Å². The van der Waals surface area contributed by atoms with E-state index in [1.807, 2.05) is 60.7 Å². The van der Waals surface area contributed by atoms with E-state index in [4.69, 9.17) is 15.9 Å². The molecule has 4 N–H and O–H groups in total. The van der Waals surface area contributed by atoms with Crippen molar-refractivity contribution in [1.82, 2.24) is 15.1 Å². The molecule has 0 radical (unpaired) electrons. The lowest BCUT2D eigenvalue weighted by atomic mass is 9.82. The maximum atomic E-state index is 14.3. The fourth-order valence-electron chi connectivity index (χ4n) is 6.04. The summed E-state index contributed by atoms with van der Waals surface area (Å²) in [4.78, 5) is 42.8. The zero-order valence-corrected chi connectivity index (χ0v) is 25.1. The van der Waals surface area contributed by atoms with Crippen molar-refractivity contribution in [2.75, 3.05) is 13.7 Å². The average Bonchev–Trinajstić information content (AvgIpc) is 3.78. The second-order valence-electron chi connectivity index (χ2n) is 12.1. The fourth-order valence-corrected chi connectivity index (χ4v) is 6.04. The van der Waals surface area contributed by atoms with Gasteiger partial charge in [-0.2, -0.15) is 0 Å². The predicted molar refractivity (Wildman–Crippen MR) is 163 cm³/mol. The molecular weight excluding hydrogens is 530 g/mol. The van der Waals surface area contributed by atoms with Gasteiger partial charge in [-0.25, -0.2) is 9.69 Å². The Hall–Kier alpha value is -3.72. The predicted octanol–water partition coefficient (Wildman–Crippen LogP) is 4.80. The second kappa shape index (κ2) is 14.0. The molecule has 42 heavy (non-hydrogen) atoms. The highest BCUT2D eigenvalue weighted by Gasteiger charge is 2.52. The molecule has 0 aromatic heterocycles. The number of hydrogen-bond acceptors (Lipinski definition) is 6. The maximum Gasteiger partial charge on any atom is 0.416 e. The Bertz CT molecular complexity index is 1230. The van der Waals surface area contributed by atoms with Crippen LogP contribution in [0.5, 0.6) is 0 Å². The number of benzene rings is 2. The fraction of sp³-hybridized carbons (Fsp3) is 0.515. The van der Waals surface area contributed by atoms with Gasteiger partial charge in [0.15, 0.2) is 5.96 Å². The largest absolute Gasteiger partial charge is 0.452 e. The molecule has 0 bridgehead atoms. The number of carbonyl (C=O) groups excluding carboxylic acids is 3. The first-order chi connectivity index (χ1) is 20.2. The van der Waals surface area contributed by atoms with Gasteiger partial charge in [-0.3, -0.25) is 19.9 Å². The number of ether oxygens (including phenoxy) is 1. The van der Waals surface area contributed by atoms with Gasteiger partial charge >= 0.3 is 6.09 Å². The molecule has 1 saturated carbocycles. The Morgan fingerprint density at radius 3 is 2.33 bits per heavy atom. The molecule has 1 saturated heterocycles. The summed E-state index contributed by atoms with van der Waals surface area (Å²) in [5.74, 6) is 0.382. The number of amides is 3. The number of nitrogens with two attached hydrogens (primary N) is 1. The third-order valence-electron chi connectivity index (χ3n) is 8.30. The van der Waals surface area contributed by atoms with Gasteiger partial charge < -0.3 is 15.8 Å². The Morgan fingerprint density at radius 1 is 1.10 bits per heavy atom. The smallest absolute Gasteiger partial charge is 0.416 e. The van der Waals surface area contributed by atoms with Crippen molar-refractivity contribution in [1.29, 1.82) is 5.41 Å². The highest BCUT2D eigenvalue weighted by molar-refractivity contribution is 6.08. The lowest BCUT2D eigenvalue weighted by Gasteiger charge is -2.32. The molecule has 0 unspecified atom stereocenters. The van der Waals surface area contributed by atoms with Crippen molar-refractivity contribution in [3.8, 4) is 0 Å². The number of imide groups is 1. The van der Waals surface area contributed by atoms with Crippen LogP contribution < -0.4 is 11.1 Å². The molecule has 0 spiro atoms. The van der Waals surface area contributed by atoms with Crippen LogP contribution in [0.3, 0.4) is 0 Å². The van der Waals surface area contributed by atoms with E-state index in [1.165, 1.54) is 20.0 Å². The van der Waals surface area contributed by atoms with Crippen molar-refractivity contribution < 1.29 is 19.1 Å². The summed E-state index contributed by atoms with van der Waals surface area (Å²) < 4.78 is 4.93. The molecule has 3 atom stereocenters. The van der Waals surface area contributed by atoms with Crippen LogP contribution in [0.1, 0.15) is 69.9 Å². The van der Waals surface area contributed by atoms with Gasteiger partial charge in [-0.1, -0.05) is 87.4 Å². The van der Waals surface area contributed by atoms with E-state index in [1.54, 1.807) is 4.90 Å². The minimum atomic E-state index is -0.997. The van der Waals surface area contributed by atoms with Gasteiger partial charge in [0, 0.05) is 12.6 Å². The summed E-state index contributed by atoms with van der Waals surface area (Å²) in [7, 11) is 1.25. The molecule has 1 aliphatic carbocycles. The zero-order valence-electron chi connectivity index (χ0n) is 25.1. The second-order valence-corrected chi connectivity index (χ2v) is 12.1. The van der Waals surface area contributed by atoms with Gasteiger partial charge in [0.2, 0.25) is 5.91 Å². The Morgan fingerprint density at radius 2 is 1.74 bits per heavy atom. The molecule has 1 heterocycles. The standard InChI is InChI=1S/C33H45N5O4/c1-23(2)22-33(26-13-8-5-9-14-26)30(40)38(31(35)36-33)27(19-18-24-16-17-24)15-10-20-37(32(41)42-3)29(39)28(34)21-25-11-6-4-7-12-25/h4-9,11-14,23-24,27-28H,10,15-22,34H2,1-3H3,(H2,35,36)/t27-,28-,33+/m0/s1. The zero-order chi connectivity index (χ0) is 30.3. The third kappa shape index (κ3) is 7.37. The highest BCUT2D eigenvalue weighted by Crippen LogP contribution is 2.39. The number of hydrogen-bond donors (Lipinski definition) is 3. The average molecular weight is 576 g/mol. The Labute approximate surface area is 249 Å². The molecule has 2 fully saturated rings. The molecule has 9 heteroatoms. The minimum absolute atomic E-state index is 0.107. The van der Waals surface area contributed by atoms with Crippen molar-refractivity contribution in [2.45, 2.75) is 82.8 Å². The SMILES string of the molecule is COC(=O)N(CCC[C@@H](CCC1CC1)N1C(=N)N[C@](CC(C)C)(c2ccccc2)C1=O)C(=O)[C@@H](N)Cc1ccccc1. The molecule has 2 aromatic carbocycles. The molecule has 2 aliphatic rings. The monoisotopic (exact) mass is 575 g/mol. The molecule has 3 amide bonds.